The molecule has 0 heterocycles. The predicted octanol–water partition coefficient (Wildman–Crippen LogP) is 5.31. The van der Waals surface area contributed by atoms with Crippen molar-refractivity contribution in [3.8, 4) is 0 Å². The summed E-state index contributed by atoms with van der Waals surface area (Å²) in [4.78, 5) is 12.3. The van der Waals surface area contributed by atoms with Crippen molar-refractivity contribution in [1.82, 2.24) is 0 Å². The van der Waals surface area contributed by atoms with E-state index in [-0.39, 0.29) is 11.3 Å². The average Bonchev–Trinajstić information content (AvgIpc) is 2.41. The van der Waals surface area contributed by atoms with E-state index in [1.165, 1.54) is 5.56 Å². The Balaban J connectivity index is 2.18. The van der Waals surface area contributed by atoms with Crippen molar-refractivity contribution < 1.29 is 4.79 Å². The van der Waals surface area contributed by atoms with Crippen molar-refractivity contribution in [2.24, 2.45) is 0 Å². The number of benzene rings is 2. The standard InChI is InChI=1S/C18H20BrNO/c1-12-6-5-7-15(16(12)19)17(21)20-14-10-8-13(9-11-14)18(2,3)4/h5-11H,1-4H3,(H,20,21). The van der Waals surface area contributed by atoms with Crippen molar-refractivity contribution in [1.29, 1.82) is 0 Å². The SMILES string of the molecule is Cc1cccc(C(=O)Nc2ccc(C(C)(C)C)cc2)c1Br. The highest BCUT2D eigenvalue weighted by Crippen LogP contribution is 2.25. The summed E-state index contributed by atoms with van der Waals surface area (Å²) in [5.74, 6) is -0.103. The molecule has 0 fully saturated rings. The molecule has 0 saturated heterocycles. The summed E-state index contributed by atoms with van der Waals surface area (Å²) in [5.41, 5.74) is 3.86. The number of nitrogens with one attached hydrogen (secondary N) is 1. The highest BCUT2D eigenvalue weighted by atomic mass is 79.9. The lowest BCUT2D eigenvalue weighted by molar-refractivity contribution is 0.102. The summed E-state index contributed by atoms with van der Waals surface area (Å²) >= 11 is 3.47. The Bertz CT molecular complexity index is 654. The summed E-state index contributed by atoms with van der Waals surface area (Å²) in [5, 5.41) is 2.94. The number of carbonyl (C=O) groups excluding carboxylic acids is 1. The molecule has 1 N–H and O–H groups in total. The lowest BCUT2D eigenvalue weighted by Crippen LogP contribution is -2.14. The minimum Gasteiger partial charge on any atom is -0.322 e. The molecule has 2 nitrogen and oxygen atoms in total. The van der Waals surface area contributed by atoms with E-state index in [2.05, 4.69) is 54.2 Å². The van der Waals surface area contributed by atoms with Crippen LogP contribution in [0.2, 0.25) is 0 Å². The molecule has 110 valence electrons. The van der Waals surface area contributed by atoms with Crippen LogP contribution in [-0.2, 0) is 5.41 Å². The Kier molecular flexibility index (Phi) is 4.52. The van der Waals surface area contributed by atoms with Gasteiger partial charge in [-0.25, -0.2) is 0 Å². The summed E-state index contributed by atoms with van der Waals surface area (Å²) in [6, 6.07) is 13.7. The van der Waals surface area contributed by atoms with Gasteiger partial charge in [-0.2, -0.15) is 0 Å². The number of anilines is 1. The second-order valence-corrected chi connectivity index (χ2v) is 7.01. The van der Waals surface area contributed by atoms with Crippen molar-refractivity contribution in [3.05, 3.63) is 63.6 Å². The van der Waals surface area contributed by atoms with Crippen LogP contribution in [0.3, 0.4) is 0 Å². The summed E-state index contributed by atoms with van der Waals surface area (Å²) in [6.07, 6.45) is 0. The van der Waals surface area contributed by atoms with Gasteiger partial charge in [-0.3, -0.25) is 4.79 Å². The third-order valence-electron chi connectivity index (χ3n) is 3.45. The fourth-order valence-corrected chi connectivity index (χ4v) is 2.52. The molecule has 0 radical (unpaired) electrons. The Morgan fingerprint density at radius 1 is 1.05 bits per heavy atom. The molecule has 0 aliphatic rings. The van der Waals surface area contributed by atoms with E-state index in [1.807, 2.05) is 37.3 Å². The maximum atomic E-state index is 12.3. The number of amides is 1. The first-order valence-electron chi connectivity index (χ1n) is 6.96. The van der Waals surface area contributed by atoms with E-state index in [4.69, 9.17) is 0 Å². The lowest BCUT2D eigenvalue weighted by Gasteiger charge is -2.19. The van der Waals surface area contributed by atoms with Gasteiger partial charge in [0, 0.05) is 10.2 Å². The van der Waals surface area contributed by atoms with Crippen LogP contribution in [0.5, 0.6) is 0 Å². The first kappa shape index (κ1) is 15.8. The molecule has 0 unspecified atom stereocenters. The summed E-state index contributed by atoms with van der Waals surface area (Å²) < 4.78 is 0.841. The zero-order valence-electron chi connectivity index (χ0n) is 12.8. The minimum atomic E-state index is -0.103. The van der Waals surface area contributed by atoms with Gasteiger partial charge in [-0.15, -0.1) is 0 Å². The highest BCUT2D eigenvalue weighted by Gasteiger charge is 2.14. The molecule has 0 bridgehead atoms. The maximum absolute atomic E-state index is 12.3. The van der Waals surface area contributed by atoms with Gasteiger partial charge in [0.25, 0.3) is 5.91 Å². The van der Waals surface area contributed by atoms with Gasteiger partial charge in [0.15, 0.2) is 0 Å². The minimum absolute atomic E-state index is 0.103. The molecule has 0 aliphatic carbocycles. The van der Waals surface area contributed by atoms with Gasteiger partial charge >= 0.3 is 0 Å². The van der Waals surface area contributed by atoms with E-state index in [1.54, 1.807) is 0 Å². The third-order valence-corrected chi connectivity index (χ3v) is 4.50. The molecule has 0 aliphatic heterocycles. The molecule has 2 rings (SSSR count). The molecular weight excluding hydrogens is 326 g/mol. The molecule has 2 aromatic carbocycles. The predicted molar refractivity (Wildman–Crippen MR) is 92.0 cm³/mol. The molecule has 0 saturated carbocycles. The van der Waals surface area contributed by atoms with Crippen molar-refractivity contribution in [2.45, 2.75) is 33.1 Å². The van der Waals surface area contributed by atoms with Gasteiger partial charge in [0.2, 0.25) is 0 Å². The Morgan fingerprint density at radius 2 is 1.67 bits per heavy atom. The second-order valence-electron chi connectivity index (χ2n) is 6.22. The van der Waals surface area contributed by atoms with Crippen molar-refractivity contribution in [3.63, 3.8) is 0 Å². The van der Waals surface area contributed by atoms with Crippen LogP contribution in [0.15, 0.2) is 46.9 Å². The van der Waals surface area contributed by atoms with Crippen LogP contribution in [0.4, 0.5) is 5.69 Å². The number of carbonyl (C=O) groups is 1. The molecule has 0 atom stereocenters. The fourth-order valence-electron chi connectivity index (χ4n) is 2.07. The lowest BCUT2D eigenvalue weighted by atomic mass is 9.87. The first-order valence-corrected chi connectivity index (χ1v) is 7.75. The van der Waals surface area contributed by atoms with Crippen LogP contribution in [0, 0.1) is 6.92 Å². The van der Waals surface area contributed by atoms with Crippen LogP contribution in [0.25, 0.3) is 0 Å². The molecule has 0 aromatic heterocycles. The van der Waals surface area contributed by atoms with Crippen LogP contribution >= 0.6 is 15.9 Å². The van der Waals surface area contributed by atoms with E-state index in [0.29, 0.717) is 5.56 Å². The van der Waals surface area contributed by atoms with Gasteiger partial charge in [-0.1, -0.05) is 45.0 Å². The van der Waals surface area contributed by atoms with Gasteiger partial charge in [-0.05, 0) is 57.6 Å². The number of hydrogen-bond acceptors (Lipinski definition) is 1. The smallest absolute Gasteiger partial charge is 0.256 e. The summed E-state index contributed by atoms with van der Waals surface area (Å²) in [7, 11) is 0. The molecule has 2 aromatic rings. The van der Waals surface area contributed by atoms with Crippen molar-refractivity contribution in [2.75, 3.05) is 5.32 Å². The van der Waals surface area contributed by atoms with Crippen LogP contribution < -0.4 is 5.32 Å². The molecular formula is C18H20BrNO. The highest BCUT2D eigenvalue weighted by molar-refractivity contribution is 9.10. The van der Waals surface area contributed by atoms with Gasteiger partial charge in [0.1, 0.15) is 0 Å². The second kappa shape index (κ2) is 6.02. The molecule has 21 heavy (non-hydrogen) atoms. The quantitative estimate of drug-likeness (QED) is 0.785. The Labute approximate surface area is 134 Å². The number of hydrogen-bond donors (Lipinski definition) is 1. The Morgan fingerprint density at radius 3 is 2.24 bits per heavy atom. The van der Waals surface area contributed by atoms with Gasteiger partial charge < -0.3 is 5.32 Å². The molecule has 3 heteroatoms. The van der Waals surface area contributed by atoms with Crippen LogP contribution in [-0.4, -0.2) is 5.91 Å². The summed E-state index contributed by atoms with van der Waals surface area (Å²) in [6.45, 7) is 8.48. The normalized spacial score (nSPS) is 11.3. The monoisotopic (exact) mass is 345 g/mol. The van der Waals surface area contributed by atoms with E-state index in [0.717, 1.165) is 15.7 Å². The fraction of sp³-hybridized carbons (Fsp3) is 0.278. The maximum Gasteiger partial charge on any atom is 0.256 e. The zero-order valence-corrected chi connectivity index (χ0v) is 14.4. The first-order chi connectivity index (χ1) is 9.79. The molecule has 1 amide bonds. The zero-order chi connectivity index (χ0) is 15.6. The largest absolute Gasteiger partial charge is 0.322 e. The van der Waals surface area contributed by atoms with E-state index < -0.39 is 0 Å². The number of rotatable bonds is 2. The average molecular weight is 346 g/mol. The third kappa shape index (κ3) is 3.73. The molecule has 0 spiro atoms. The number of aryl methyl sites for hydroxylation is 1. The van der Waals surface area contributed by atoms with Gasteiger partial charge in [0.05, 0.1) is 5.56 Å². The topological polar surface area (TPSA) is 29.1 Å². The van der Waals surface area contributed by atoms with E-state index >= 15 is 0 Å². The van der Waals surface area contributed by atoms with Crippen molar-refractivity contribution >= 4 is 27.5 Å². The van der Waals surface area contributed by atoms with Crippen LogP contribution in [0.1, 0.15) is 42.3 Å². The number of halogens is 1. The Hall–Kier alpha value is -1.61. The van der Waals surface area contributed by atoms with E-state index in [9.17, 15) is 4.79 Å².